The number of aryl methyl sites for hydroxylation is 1. The maximum atomic E-state index is 6.09. The lowest BCUT2D eigenvalue weighted by Gasteiger charge is -2.30. The number of rotatable bonds is 2. The van der Waals surface area contributed by atoms with E-state index in [2.05, 4.69) is 28.2 Å². The molecule has 0 unspecified atom stereocenters. The highest BCUT2D eigenvalue weighted by Crippen LogP contribution is 2.34. The maximum absolute atomic E-state index is 6.09. The number of para-hydroxylation sites is 1. The van der Waals surface area contributed by atoms with Crippen LogP contribution in [0, 0.1) is 0 Å². The number of nitrogen functional groups attached to an aromatic ring is 1. The van der Waals surface area contributed by atoms with Gasteiger partial charge in [0.05, 0.1) is 19.4 Å². The number of aromatic nitrogens is 2. The van der Waals surface area contributed by atoms with Crippen LogP contribution in [0.3, 0.4) is 0 Å². The van der Waals surface area contributed by atoms with Crippen LogP contribution in [0.1, 0.15) is 0 Å². The lowest BCUT2D eigenvalue weighted by atomic mass is 10.1. The number of hydrogen-bond donors (Lipinski definition) is 1. The number of nitrogens with zero attached hydrogens (tertiary/aromatic N) is 3. The molecule has 1 aromatic heterocycles. The number of hydrogen-bond acceptors (Lipinski definition) is 4. The van der Waals surface area contributed by atoms with Gasteiger partial charge in [0.25, 0.3) is 0 Å². The molecule has 0 saturated carbocycles. The zero-order valence-corrected chi connectivity index (χ0v) is 11.0. The zero-order chi connectivity index (χ0) is 13.2. The van der Waals surface area contributed by atoms with Gasteiger partial charge in [0.15, 0.2) is 0 Å². The number of morpholine rings is 1. The Bertz CT molecular complexity index is 573. The first-order valence-corrected chi connectivity index (χ1v) is 6.47. The number of anilines is 2. The van der Waals surface area contributed by atoms with Gasteiger partial charge in [0, 0.05) is 37.0 Å². The predicted octanol–water partition coefficient (Wildman–Crippen LogP) is 1.51. The second-order valence-electron chi connectivity index (χ2n) is 4.68. The van der Waals surface area contributed by atoms with E-state index in [1.165, 1.54) is 5.69 Å². The Balaban J connectivity index is 2.04. The third-order valence-corrected chi connectivity index (χ3v) is 3.53. The van der Waals surface area contributed by atoms with Gasteiger partial charge in [-0.1, -0.05) is 18.2 Å². The summed E-state index contributed by atoms with van der Waals surface area (Å²) in [7, 11) is 1.86. The molecule has 2 aromatic rings. The molecule has 0 bridgehead atoms. The molecule has 3 rings (SSSR count). The lowest BCUT2D eigenvalue weighted by molar-refractivity contribution is 0.123. The first kappa shape index (κ1) is 12.0. The van der Waals surface area contributed by atoms with Crippen LogP contribution in [0.2, 0.25) is 0 Å². The Morgan fingerprint density at radius 3 is 2.58 bits per heavy atom. The Labute approximate surface area is 112 Å². The van der Waals surface area contributed by atoms with E-state index in [0.717, 1.165) is 37.4 Å². The lowest BCUT2D eigenvalue weighted by Crippen LogP contribution is -2.36. The van der Waals surface area contributed by atoms with Crippen molar-refractivity contribution in [3.63, 3.8) is 0 Å². The topological polar surface area (TPSA) is 56.3 Å². The summed E-state index contributed by atoms with van der Waals surface area (Å²) in [6, 6.07) is 8.32. The van der Waals surface area contributed by atoms with Crippen LogP contribution in [-0.4, -0.2) is 36.1 Å². The van der Waals surface area contributed by atoms with E-state index in [1.807, 2.05) is 19.3 Å². The minimum Gasteiger partial charge on any atom is -0.383 e. The molecule has 0 atom stereocenters. The minimum atomic E-state index is 0.695. The molecular weight excluding hydrogens is 240 g/mol. The highest BCUT2D eigenvalue weighted by Gasteiger charge is 2.17. The standard InChI is InChI=1S/C14H18N4O/c1-17-14(15)12(10-16-17)11-4-2-3-5-13(11)18-6-8-19-9-7-18/h2-5,10H,6-9,15H2,1H3. The summed E-state index contributed by atoms with van der Waals surface area (Å²) in [6.45, 7) is 3.38. The summed E-state index contributed by atoms with van der Waals surface area (Å²) in [5, 5.41) is 4.23. The van der Waals surface area contributed by atoms with Crippen LogP contribution < -0.4 is 10.6 Å². The number of benzene rings is 1. The fourth-order valence-electron chi connectivity index (χ4n) is 2.44. The van der Waals surface area contributed by atoms with Crippen molar-refractivity contribution in [1.82, 2.24) is 9.78 Å². The van der Waals surface area contributed by atoms with Crippen molar-refractivity contribution in [2.45, 2.75) is 0 Å². The largest absolute Gasteiger partial charge is 0.383 e. The van der Waals surface area contributed by atoms with Gasteiger partial charge in [-0.2, -0.15) is 5.10 Å². The molecule has 0 spiro atoms. The van der Waals surface area contributed by atoms with Gasteiger partial charge < -0.3 is 15.4 Å². The average Bonchev–Trinajstić information content (AvgIpc) is 2.80. The Hall–Kier alpha value is -2.01. The normalized spacial score (nSPS) is 15.7. The molecule has 0 radical (unpaired) electrons. The van der Waals surface area contributed by atoms with E-state index < -0.39 is 0 Å². The fourth-order valence-corrected chi connectivity index (χ4v) is 2.44. The van der Waals surface area contributed by atoms with Crippen molar-refractivity contribution in [3.8, 4) is 11.1 Å². The molecule has 1 aromatic carbocycles. The molecule has 0 amide bonds. The summed E-state index contributed by atoms with van der Waals surface area (Å²) < 4.78 is 7.11. The Kier molecular flexibility index (Phi) is 3.13. The summed E-state index contributed by atoms with van der Waals surface area (Å²) >= 11 is 0. The summed E-state index contributed by atoms with van der Waals surface area (Å²) in [4.78, 5) is 2.34. The average molecular weight is 258 g/mol. The van der Waals surface area contributed by atoms with Gasteiger partial charge in [-0.25, -0.2) is 0 Å². The SMILES string of the molecule is Cn1ncc(-c2ccccc2N2CCOCC2)c1N. The van der Waals surface area contributed by atoms with E-state index in [-0.39, 0.29) is 0 Å². The summed E-state index contributed by atoms with van der Waals surface area (Å²) in [5.41, 5.74) is 9.41. The molecule has 100 valence electrons. The molecule has 19 heavy (non-hydrogen) atoms. The highest BCUT2D eigenvalue weighted by atomic mass is 16.5. The van der Waals surface area contributed by atoms with Crippen LogP contribution in [0.25, 0.3) is 11.1 Å². The first-order chi connectivity index (χ1) is 9.27. The third-order valence-electron chi connectivity index (χ3n) is 3.53. The van der Waals surface area contributed by atoms with Crippen LogP contribution in [0.5, 0.6) is 0 Å². The Morgan fingerprint density at radius 1 is 1.16 bits per heavy atom. The van der Waals surface area contributed by atoms with Crippen LogP contribution in [-0.2, 0) is 11.8 Å². The second kappa shape index (κ2) is 4.93. The van der Waals surface area contributed by atoms with Crippen molar-refractivity contribution in [2.75, 3.05) is 36.9 Å². The van der Waals surface area contributed by atoms with Crippen molar-refractivity contribution in [3.05, 3.63) is 30.5 Å². The van der Waals surface area contributed by atoms with Gasteiger partial charge >= 0.3 is 0 Å². The molecule has 0 aliphatic carbocycles. The summed E-state index contributed by atoms with van der Waals surface area (Å²) in [5.74, 6) is 0.695. The molecule has 1 aliphatic rings. The Morgan fingerprint density at radius 2 is 1.89 bits per heavy atom. The van der Waals surface area contributed by atoms with Crippen LogP contribution in [0.4, 0.5) is 11.5 Å². The van der Waals surface area contributed by atoms with Crippen molar-refractivity contribution >= 4 is 11.5 Å². The maximum Gasteiger partial charge on any atom is 0.129 e. The van der Waals surface area contributed by atoms with Crippen molar-refractivity contribution in [2.24, 2.45) is 7.05 Å². The fraction of sp³-hybridized carbons (Fsp3) is 0.357. The summed E-state index contributed by atoms with van der Waals surface area (Å²) in [6.07, 6.45) is 1.83. The smallest absolute Gasteiger partial charge is 0.129 e. The molecule has 2 heterocycles. The van der Waals surface area contributed by atoms with E-state index in [9.17, 15) is 0 Å². The molecule has 1 aliphatic heterocycles. The molecule has 5 heteroatoms. The van der Waals surface area contributed by atoms with Crippen LogP contribution in [0.15, 0.2) is 30.5 Å². The zero-order valence-electron chi connectivity index (χ0n) is 11.0. The number of ether oxygens (including phenoxy) is 1. The third kappa shape index (κ3) is 2.17. The van der Waals surface area contributed by atoms with Crippen molar-refractivity contribution < 1.29 is 4.74 Å². The van der Waals surface area contributed by atoms with E-state index >= 15 is 0 Å². The van der Waals surface area contributed by atoms with Gasteiger partial charge in [-0.15, -0.1) is 0 Å². The first-order valence-electron chi connectivity index (χ1n) is 6.47. The van der Waals surface area contributed by atoms with E-state index in [1.54, 1.807) is 4.68 Å². The van der Waals surface area contributed by atoms with Gasteiger partial charge in [0.1, 0.15) is 5.82 Å². The molecule has 1 saturated heterocycles. The van der Waals surface area contributed by atoms with E-state index in [4.69, 9.17) is 10.5 Å². The van der Waals surface area contributed by atoms with E-state index in [0.29, 0.717) is 5.82 Å². The minimum absolute atomic E-state index is 0.695. The quantitative estimate of drug-likeness (QED) is 0.887. The molecule has 5 nitrogen and oxygen atoms in total. The molecule has 1 fully saturated rings. The predicted molar refractivity (Wildman–Crippen MR) is 76.1 cm³/mol. The number of nitrogens with two attached hydrogens (primary N) is 1. The molecular formula is C14H18N4O. The monoisotopic (exact) mass is 258 g/mol. The van der Waals surface area contributed by atoms with Gasteiger partial charge in [0.2, 0.25) is 0 Å². The van der Waals surface area contributed by atoms with Crippen LogP contribution >= 0.6 is 0 Å². The molecule has 2 N–H and O–H groups in total. The van der Waals surface area contributed by atoms with Crippen molar-refractivity contribution in [1.29, 1.82) is 0 Å². The van der Waals surface area contributed by atoms with Gasteiger partial charge in [-0.3, -0.25) is 4.68 Å². The van der Waals surface area contributed by atoms with Gasteiger partial charge in [-0.05, 0) is 6.07 Å². The second-order valence-corrected chi connectivity index (χ2v) is 4.68. The highest BCUT2D eigenvalue weighted by molar-refractivity contribution is 5.84.